The second-order valence-electron chi connectivity index (χ2n) is 11.5. The molecule has 2 aromatic heterocycles. The van der Waals surface area contributed by atoms with Gasteiger partial charge in [-0.25, -0.2) is 9.97 Å². The van der Waals surface area contributed by atoms with Gasteiger partial charge in [-0.2, -0.15) is 0 Å². The maximum Gasteiger partial charge on any atom is 0.251 e. The molecule has 0 radical (unpaired) electrons. The Bertz CT molecular complexity index is 1340. The molecule has 3 aromatic rings. The minimum atomic E-state index is -2.08. The maximum atomic E-state index is 13.5. The van der Waals surface area contributed by atoms with E-state index in [2.05, 4.69) is 49.1 Å². The van der Waals surface area contributed by atoms with Crippen LogP contribution in [-0.2, 0) is 4.43 Å². The van der Waals surface area contributed by atoms with Crippen LogP contribution in [0.25, 0.3) is 11.3 Å². The van der Waals surface area contributed by atoms with Crippen LogP contribution in [0, 0.1) is 0 Å². The van der Waals surface area contributed by atoms with Crippen LogP contribution in [-0.4, -0.2) is 46.7 Å². The van der Waals surface area contributed by atoms with Crippen LogP contribution in [0.15, 0.2) is 53.6 Å². The Hall–Kier alpha value is -2.23. The number of hydrogen-bond donors (Lipinski definition) is 2. The largest absolute Gasteiger partial charge is 0.414 e. The van der Waals surface area contributed by atoms with Crippen LogP contribution in [0.3, 0.4) is 0 Å². The molecule has 10 heteroatoms. The van der Waals surface area contributed by atoms with E-state index in [1.54, 1.807) is 41.2 Å². The van der Waals surface area contributed by atoms with E-state index in [0.717, 1.165) is 18.4 Å². The van der Waals surface area contributed by atoms with Gasteiger partial charge in [0, 0.05) is 30.1 Å². The molecular weight excluding hydrogens is 539 g/mol. The van der Waals surface area contributed by atoms with Gasteiger partial charge in [0.05, 0.1) is 34.5 Å². The summed E-state index contributed by atoms with van der Waals surface area (Å²) in [5.41, 5.74) is 2.01. The average Bonchev–Trinajstić information content (AvgIpc) is 3.25. The number of rotatable bonds is 8. The van der Waals surface area contributed by atoms with Crippen LogP contribution >= 0.6 is 23.2 Å². The third-order valence-electron chi connectivity index (χ3n) is 7.71. The van der Waals surface area contributed by atoms with Gasteiger partial charge in [0.2, 0.25) is 5.95 Å². The Morgan fingerprint density at radius 3 is 2.55 bits per heavy atom. The van der Waals surface area contributed by atoms with E-state index in [4.69, 9.17) is 27.6 Å². The van der Waals surface area contributed by atoms with Gasteiger partial charge in [-0.1, -0.05) is 50.0 Å². The Kier molecular flexibility index (Phi) is 8.69. The number of aliphatic hydroxyl groups is 1. The third kappa shape index (κ3) is 6.66. The Labute approximate surface area is 235 Å². The maximum absolute atomic E-state index is 13.5. The van der Waals surface area contributed by atoms with Crippen molar-refractivity contribution in [3.63, 3.8) is 0 Å². The Morgan fingerprint density at radius 1 is 1.16 bits per heavy atom. The fourth-order valence-electron chi connectivity index (χ4n) is 4.33. The summed E-state index contributed by atoms with van der Waals surface area (Å²) in [7, 11) is -2.08. The van der Waals surface area contributed by atoms with E-state index in [9.17, 15) is 9.90 Å². The number of nitrogens with one attached hydrogen (secondary N) is 1. The summed E-state index contributed by atoms with van der Waals surface area (Å²) in [6.07, 6.45) is 5.49. The first kappa shape index (κ1) is 28.8. The zero-order chi connectivity index (χ0) is 27.7. The van der Waals surface area contributed by atoms with E-state index in [1.165, 1.54) is 0 Å². The van der Waals surface area contributed by atoms with Gasteiger partial charge in [-0.05, 0) is 67.2 Å². The second-order valence-corrected chi connectivity index (χ2v) is 17.1. The van der Waals surface area contributed by atoms with Crippen LogP contribution in [0.4, 0.5) is 5.95 Å². The van der Waals surface area contributed by atoms with Crippen molar-refractivity contribution in [2.75, 3.05) is 11.9 Å². The first-order valence-electron chi connectivity index (χ1n) is 12.9. The van der Waals surface area contributed by atoms with Crippen molar-refractivity contribution < 1.29 is 9.53 Å². The molecule has 1 fully saturated rings. The molecule has 0 amide bonds. The van der Waals surface area contributed by atoms with E-state index in [0.29, 0.717) is 40.3 Å². The number of hydrogen-bond acceptors (Lipinski definition) is 6. The highest BCUT2D eigenvalue weighted by atomic mass is 35.5. The minimum absolute atomic E-state index is 0.0271. The van der Waals surface area contributed by atoms with Crippen molar-refractivity contribution >= 4 is 37.5 Å². The number of nitrogens with zero attached hydrogens (tertiary/aromatic N) is 3. The molecule has 0 saturated heterocycles. The summed E-state index contributed by atoms with van der Waals surface area (Å²) in [6, 6.07) is 10.4. The van der Waals surface area contributed by atoms with Gasteiger partial charge in [0.1, 0.15) is 0 Å². The summed E-state index contributed by atoms with van der Waals surface area (Å²) >= 11 is 12.5. The number of anilines is 1. The molecule has 7 nitrogen and oxygen atoms in total. The predicted octanol–water partition coefficient (Wildman–Crippen LogP) is 6.55. The fraction of sp³-hybridized carbons (Fsp3) is 0.464. The van der Waals surface area contributed by atoms with Crippen molar-refractivity contribution in [1.82, 2.24) is 14.5 Å². The minimum Gasteiger partial charge on any atom is -0.414 e. The van der Waals surface area contributed by atoms with Crippen molar-refractivity contribution in [1.29, 1.82) is 0 Å². The molecule has 1 saturated carbocycles. The zero-order valence-electron chi connectivity index (χ0n) is 22.5. The molecule has 1 aliphatic rings. The molecule has 204 valence electrons. The summed E-state index contributed by atoms with van der Waals surface area (Å²) < 4.78 is 8.22. The van der Waals surface area contributed by atoms with Crippen molar-refractivity contribution in [3.8, 4) is 11.3 Å². The lowest BCUT2D eigenvalue weighted by molar-refractivity contribution is 0.182. The lowest BCUT2D eigenvalue weighted by Gasteiger charge is -2.37. The number of aromatic nitrogens is 3. The van der Waals surface area contributed by atoms with Crippen LogP contribution in [0.1, 0.15) is 51.6 Å². The lowest BCUT2D eigenvalue weighted by atomic mass is 10.1. The number of halogens is 2. The summed E-state index contributed by atoms with van der Waals surface area (Å²) in [5.74, 6) is 0.488. The summed E-state index contributed by atoms with van der Waals surface area (Å²) in [6.45, 7) is 11.3. The van der Waals surface area contributed by atoms with E-state index in [-0.39, 0.29) is 28.8 Å². The molecule has 0 aliphatic heterocycles. The zero-order valence-corrected chi connectivity index (χ0v) is 25.1. The predicted molar refractivity (Wildman–Crippen MR) is 157 cm³/mol. The van der Waals surface area contributed by atoms with Crippen molar-refractivity contribution in [2.24, 2.45) is 0 Å². The van der Waals surface area contributed by atoms with Gasteiger partial charge in [0.15, 0.2) is 8.32 Å². The van der Waals surface area contributed by atoms with Gasteiger partial charge >= 0.3 is 0 Å². The Balaban J connectivity index is 1.63. The SMILES string of the molecule is CC(C)(C)[Si](C)(C)OCC(c1ccc(Cl)c(Cl)c1)n1ccc(-c2ccnc(N[C@H]3CC[C@H](O)C3)n2)cc1=O. The first-order chi connectivity index (χ1) is 17.8. The topological polar surface area (TPSA) is 89.3 Å². The highest BCUT2D eigenvalue weighted by Gasteiger charge is 2.38. The van der Waals surface area contributed by atoms with Crippen molar-refractivity contribution in [2.45, 2.75) is 76.4 Å². The first-order valence-corrected chi connectivity index (χ1v) is 16.6. The summed E-state index contributed by atoms with van der Waals surface area (Å²) in [5, 5.41) is 14.0. The van der Waals surface area contributed by atoms with E-state index >= 15 is 0 Å². The molecule has 2 heterocycles. The average molecular weight is 576 g/mol. The molecule has 4 rings (SSSR count). The molecule has 2 N–H and O–H groups in total. The van der Waals surface area contributed by atoms with Gasteiger partial charge in [-0.15, -0.1) is 0 Å². The normalized spacial score (nSPS) is 18.9. The fourth-order valence-corrected chi connectivity index (χ4v) is 5.64. The lowest BCUT2D eigenvalue weighted by Crippen LogP contribution is -2.43. The van der Waals surface area contributed by atoms with E-state index in [1.807, 2.05) is 12.1 Å². The highest BCUT2D eigenvalue weighted by Crippen LogP contribution is 2.38. The monoisotopic (exact) mass is 574 g/mol. The quantitative estimate of drug-likeness (QED) is 0.296. The van der Waals surface area contributed by atoms with Crippen molar-refractivity contribution in [3.05, 3.63) is 74.8 Å². The Morgan fingerprint density at radius 2 is 1.92 bits per heavy atom. The van der Waals surface area contributed by atoms with Crippen LogP contribution in [0.5, 0.6) is 0 Å². The standard InChI is InChI=1S/C28H36Cl2N4O3Si/c1-28(2,3)38(4,5)37-17-25(19-6-9-22(29)23(30)14-19)34-13-11-18(15-26(34)36)24-10-12-31-27(33-24)32-20-7-8-21(35)16-20/h6,9-15,20-21,25,35H,7-8,16-17H2,1-5H3,(H,31,32,33)/t20-,21-,25?/m0/s1. The molecule has 1 aliphatic carbocycles. The third-order valence-corrected chi connectivity index (χ3v) is 12.9. The smallest absolute Gasteiger partial charge is 0.251 e. The molecule has 38 heavy (non-hydrogen) atoms. The van der Waals surface area contributed by atoms with Gasteiger partial charge in [0.25, 0.3) is 5.56 Å². The number of aliphatic hydroxyl groups excluding tert-OH is 1. The number of benzene rings is 1. The molecular formula is C28H36Cl2N4O3Si. The van der Waals surface area contributed by atoms with Crippen LogP contribution < -0.4 is 10.9 Å². The van der Waals surface area contributed by atoms with Gasteiger partial charge in [-0.3, -0.25) is 4.79 Å². The highest BCUT2D eigenvalue weighted by molar-refractivity contribution is 6.74. The summed E-state index contributed by atoms with van der Waals surface area (Å²) in [4.78, 5) is 22.4. The number of pyridine rings is 1. The molecule has 3 atom stereocenters. The second kappa shape index (κ2) is 11.5. The van der Waals surface area contributed by atoms with Gasteiger partial charge < -0.3 is 19.4 Å². The van der Waals surface area contributed by atoms with E-state index < -0.39 is 8.32 Å². The molecule has 0 bridgehead atoms. The van der Waals surface area contributed by atoms with Crippen LogP contribution in [0.2, 0.25) is 28.2 Å². The molecule has 1 aromatic carbocycles. The molecule has 1 unspecified atom stereocenters. The molecule has 0 spiro atoms.